The third-order valence-corrected chi connectivity index (χ3v) is 4.22. The molecule has 0 saturated carbocycles. The molecule has 60 valence electrons. The molecule has 0 aliphatic rings. The Morgan fingerprint density at radius 1 is 1.20 bits per heavy atom. The van der Waals surface area contributed by atoms with Crippen molar-refractivity contribution in [3.63, 3.8) is 0 Å². The Morgan fingerprint density at radius 3 is 1.70 bits per heavy atom. The smallest absolute Gasteiger partial charge is 0.0760 e. The highest BCUT2D eigenvalue weighted by molar-refractivity contribution is 8.17. The normalized spacial score (nSPS) is 11.3. The number of rotatable bonds is 3. The van der Waals surface area contributed by atoms with Crippen LogP contribution in [0.15, 0.2) is 11.6 Å². The third-order valence-electron chi connectivity index (χ3n) is 1.36. The van der Waals surface area contributed by atoms with E-state index < -0.39 is 0 Å². The molecule has 0 rings (SSSR count). The molecule has 0 aliphatic carbocycles. The summed E-state index contributed by atoms with van der Waals surface area (Å²) in [5, 5.41) is 0. The van der Waals surface area contributed by atoms with E-state index in [1.165, 1.54) is 5.57 Å². The predicted octanol–water partition coefficient (Wildman–Crippen LogP) is 3.39. The van der Waals surface area contributed by atoms with Gasteiger partial charge in [-0.25, -0.2) is 0 Å². The first-order valence-corrected chi connectivity index (χ1v) is 5.75. The van der Waals surface area contributed by atoms with Crippen LogP contribution in [0.3, 0.4) is 0 Å². The maximum atomic E-state index is 2.31. The van der Waals surface area contributed by atoms with Crippen LogP contribution < -0.4 is 0 Å². The molecule has 0 saturated heterocycles. The van der Waals surface area contributed by atoms with E-state index in [2.05, 4.69) is 39.4 Å². The van der Waals surface area contributed by atoms with Gasteiger partial charge in [0.25, 0.3) is 0 Å². The van der Waals surface area contributed by atoms with Gasteiger partial charge in [0.2, 0.25) is 0 Å². The topological polar surface area (TPSA) is 0 Å². The van der Waals surface area contributed by atoms with Gasteiger partial charge in [-0.05, 0) is 33.3 Å². The molecule has 0 fully saturated rings. The summed E-state index contributed by atoms with van der Waals surface area (Å²) < 4.78 is 0.277. The van der Waals surface area contributed by atoms with Crippen LogP contribution in [0.2, 0.25) is 0 Å². The summed E-state index contributed by atoms with van der Waals surface area (Å²) in [5.41, 5.74) is 1.39. The second kappa shape index (κ2) is 4.35. The van der Waals surface area contributed by atoms with Crippen LogP contribution in [0.1, 0.15) is 20.8 Å². The highest BCUT2D eigenvalue weighted by atomic mass is 32.2. The molecule has 0 spiro atoms. The first-order chi connectivity index (χ1) is 4.54. The van der Waals surface area contributed by atoms with Crippen LogP contribution >= 0.6 is 23.5 Å². The van der Waals surface area contributed by atoms with E-state index in [1.54, 1.807) is 0 Å². The van der Waals surface area contributed by atoms with Crippen molar-refractivity contribution in [1.29, 1.82) is 0 Å². The van der Waals surface area contributed by atoms with Gasteiger partial charge in [-0.2, -0.15) is 0 Å². The lowest BCUT2D eigenvalue weighted by molar-refractivity contribution is 1.13. The molecule has 0 aliphatic heterocycles. The molecule has 0 aromatic rings. The Balaban J connectivity index is 4.20. The molecule has 0 amide bonds. The van der Waals surface area contributed by atoms with Crippen LogP contribution in [0.5, 0.6) is 0 Å². The second-order valence-corrected chi connectivity index (χ2v) is 5.42. The molecule has 2 heteroatoms. The maximum absolute atomic E-state index is 2.31. The molecule has 0 N–H and O–H groups in total. The zero-order chi connectivity index (χ0) is 8.20. The first-order valence-electron chi connectivity index (χ1n) is 3.30. The molecular formula is C8H16S2. The summed E-state index contributed by atoms with van der Waals surface area (Å²) in [4.78, 5) is 0. The summed E-state index contributed by atoms with van der Waals surface area (Å²) in [7, 11) is 0. The Hall–Kier alpha value is 0.440. The summed E-state index contributed by atoms with van der Waals surface area (Å²) in [5.74, 6) is 0. The minimum absolute atomic E-state index is 0.277. The molecule has 0 unspecified atom stereocenters. The summed E-state index contributed by atoms with van der Waals surface area (Å²) in [6.07, 6.45) is 6.61. The number of thioether (sulfide) groups is 2. The molecule has 0 heterocycles. The maximum Gasteiger partial charge on any atom is 0.0760 e. The van der Waals surface area contributed by atoms with Gasteiger partial charge in [-0.1, -0.05) is 11.6 Å². The van der Waals surface area contributed by atoms with Crippen LogP contribution in [0, 0.1) is 0 Å². The molecular weight excluding hydrogens is 160 g/mol. The Labute approximate surface area is 72.9 Å². The summed E-state index contributed by atoms with van der Waals surface area (Å²) >= 11 is 3.77. The van der Waals surface area contributed by atoms with Gasteiger partial charge >= 0.3 is 0 Å². The summed E-state index contributed by atoms with van der Waals surface area (Å²) in [6.45, 7) is 6.53. The zero-order valence-electron chi connectivity index (χ0n) is 7.39. The first kappa shape index (κ1) is 10.4. The third kappa shape index (κ3) is 3.57. The van der Waals surface area contributed by atoms with Crippen molar-refractivity contribution in [2.24, 2.45) is 0 Å². The van der Waals surface area contributed by atoms with Crippen molar-refractivity contribution in [3.05, 3.63) is 11.6 Å². The fraction of sp³-hybridized carbons (Fsp3) is 0.750. The van der Waals surface area contributed by atoms with E-state index in [0.717, 1.165) is 0 Å². The van der Waals surface area contributed by atoms with E-state index >= 15 is 0 Å². The average Bonchev–Trinajstić information content (AvgIpc) is 1.87. The Morgan fingerprint density at radius 2 is 1.60 bits per heavy atom. The van der Waals surface area contributed by atoms with E-state index in [1.807, 2.05) is 23.5 Å². The molecule has 0 radical (unpaired) electrons. The van der Waals surface area contributed by atoms with Gasteiger partial charge in [-0.15, -0.1) is 23.5 Å². The van der Waals surface area contributed by atoms with Crippen LogP contribution in [0.25, 0.3) is 0 Å². The fourth-order valence-electron chi connectivity index (χ4n) is 0.726. The molecule has 0 aromatic carbocycles. The van der Waals surface area contributed by atoms with Crippen molar-refractivity contribution in [2.45, 2.75) is 24.9 Å². The van der Waals surface area contributed by atoms with E-state index in [4.69, 9.17) is 0 Å². The molecule has 10 heavy (non-hydrogen) atoms. The Bertz CT molecular complexity index is 119. The molecule has 0 nitrogen and oxygen atoms in total. The van der Waals surface area contributed by atoms with Crippen molar-refractivity contribution in [1.82, 2.24) is 0 Å². The quantitative estimate of drug-likeness (QED) is 0.477. The lowest BCUT2D eigenvalue weighted by atomic mass is 10.3. The van der Waals surface area contributed by atoms with Crippen molar-refractivity contribution < 1.29 is 0 Å². The van der Waals surface area contributed by atoms with Crippen LogP contribution in [-0.4, -0.2) is 16.6 Å². The standard InChI is InChI=1S/C8H16S2/c1-7(2)6-8(3,9-4)10-5/h6H,1-5H3. The van der Waals surface area contributed by atoms with Gasteiger partial charge < -0.3 is 0 Å². The van der Waals surface area contributed by atoms with Crippen molar-refractivity contribution in [2.75, 3.05) is 12.5 Å². The largest absolute Gasteiger partial charge is 0.144 e. The monoisotopic (exact) mass is 176 g/mol. The average molecular weight is 176 g/mol. The van der Waals surface area contributed by atoms with E-state index in [-0.39, 0.29) is 4.08 Å². The van der Waals surface area contributed by atoms with E-state index in [0.29, 0.717) is 0 Å². The second-order valence-electron chi connectivity index (χ2n) is 2.65. The highest BCUT2D eigenvalue weighted by Crippen LogP contribution is 2.35. The van der Waals surface area contributed by atoms with Gasteiger partial charge in [-0.3, -0.25) is 0 Å². The number of hydrogen-bond acceptors (Lipinski definition) is 2. The van der Waals surface area contributed by atoms with Crippen LogP contribution in [0.4, 0.5) is 0 Å². The number of allylic oxidation sites excluding steroid dienone is 1. The van der Waals surface area contributed by atoms with E-state index in [9.17, 15) is 0 Å². The highest BCUT2D eigenvalue weighted by Gasteiger charge is 2.16. The minimum atomic E-state index is 0.277. The lowest BCUT2D eigenvalue weighted by Gasteiger charge is -2.21. The SMILES string of the molecule is CSC(C)(C=C(C)C)SC. The van der Waals surface area contributed by atoms with Crippen molar-refractivity contribution in [3.8, 4) is 0 Å². The van der Waals surface area contributed by atoms with Gasteiger partial charge in [0, 0.05) is 0 Å². The molecule has 0 aromatic heterocycles. The predicted molar refractivity (Wildman–Crippen MR) is 54.9 cm³/mol. The molecule has 0 atom stereocenters. The van der Waals surface area contributed by atoms with Gasteiger partial charge in [0.05, 0.1) is 4.08 Å². The van der Waals surface area contributed by atoms with Gasteiger partial charge in [0.15, 0.2) is 0 Å². The Kier molecular flexibility index (Phi) is 4.54. The fourth-order valence-corrected chi connectivity index (χ4v) is 2.10. The van der Waals surface area contributed by atoms with Crippen molar-refractivity contribution >= 4 is 23.5 Å². The molecule has 0 bridgehead atoms. The number of hydrogen-bond donors (Lipinski definition) is 0. The summed E-state index contributed by atoms with van der Waals surface area (Å²) in [6, 6.07) is 0. The zero-order valence-corrected chi connectivity index (χ0v) is 9.03. The van der Waals surface area contributed by atoms with Crippen LogP contribution in [-0.2, 0) is 0 Å². The van der Waals surface area contributed by atoms with Gasteiger partial charge in [0.1, 0.15) is 0 Å². The lowest BCUT2D eigenvalue weighted by Crippen LogP contribution is -2.09. The minimum Gasteiger partial charge on any atom is -0.144 e.